The van der Waals surface area contributed by atoms with Crippen LogP contribution >= 0.6 is 0 Å². The monoisotopic (exact) mass is 324 g/mol. The van der Waals surface area contributed by atoms with E-state index < -0.39 is 11.6 Å². The van der Waals surface area contributed by atoms with Gasteiger partial charge in [0.15, 0.2) is 6.20 Å². The molecule has 0 aliphatic heterocycles. The van der Waals surface area contributed by atoms with E-state index in [4.69, 9.17) is 4.42 Å². The minimum atomic E-state index is -0.595. The molecular weight excluding hydrogens is 308 g/mol. The summed E-state index contributed by atoms with van der Waals surface area (Å²) in [5.41, 5.74) is 3.69. The minimum Gasteiger partial charge on any atom is -0.455 e. The van der Waals surface area contributed by atoms with Crippen molar-refractivity contribution in [3.8, 4) is 11.3 Å². The third kappa shape index (κ3) is 1.96. The summed E-state index contributed by atoms with van der Waals surface area (Å²) in [6.45, 7) is 3.42. The maximum absolute atomic E-state index is 14.6. The van der Waals surface area contributed by atoms with Crippen LogP contribution in [0, 0.1) is 25.5 Å². The highest BCUT2D eigenvalue weighted by Gasteiger charge is 2.23. The highest BCUT2D eigenvalue weighted by atomic mass is 19.1. The average Bonchev–Trinajstić information content (AvgIpc) is 2.92. The Kier molecular flexibility index (Phi) is 3.17. The molecule has 2 aromatic heterocycles. The second kappa shape index (κ2) is 5.13. The number of pyridine rings is 1. The fourth-order valence-electron chi connectivity index (χ4n) is 3.22. The molecule has 0 unspecified atom stereocenters. The molecule has 120 valence electrons. The molecule has 0 radical (unpaired) electrons. The summed E-state index contributed by atoms with van der Waals surface area (Å²) in [7, 11) is 1.95. The van der Waals surface area contributed by atoms with Gasteiger partial charge in [0.2, 0.25) is 5.69 Å². The lowest BCUT2D eigenvalue weighted by Crippen LogP contribution is -2.30. The maximum atomic E-state index is 14.6. The number of nitrogens with zero attached hydrogens (tertiary/aromatic N) is 1. The molecule has 0 atom stereocenters. The molecule has 2 nitrogen and oxygen atoms in total. The van der Waals surface area contributed by atoms with Gasteiger partial charge < -0.3 is 4.42 Å². The van der Waals surface area contributed by atoms with Gasteiger partial charge in [0.05, 0.1) is 10.9 Å². The Morgan fingerprint density at radius 1 is 1.04 bits per heavy atom. The van der Waals surface area contributed by atoms with E-state index in [0.717, 1.165) is 16.8 Å². The molecule has 2 heterocycles. The van der Waals surface area contributed by atoms with E-state index in [9.17, 15) is 8.78 Å². The van der Waals surface area contributed by atoms with Crippen LogP contribution in [-0.4, -0.2) is 0 Å². The molecule has 0 bridgehead atoms. The molecular formula is C20H16F2NO+. The number of hydrogen-bond donors (Lipinski definition) is 0. The van der Waals surface area contributed by atoms with Crippen LogP contribution in [0.4, 0.5) is 8.78 Å². The maximum Gasteiger partial charge on any atom is 0.216 e. The van der Waals surface area contributed by atoms with Crippen molar-refractivity contribution in [1.82, 2.24) is 0 Å². The second-order valence-electron chi connectivity index (χ2n) is 6.10. The summed E-state index contributed by atoms with van der Waals surface area (Å²) in [5, 5.41) is 0.999. The molecule has 2 aromatic carbocycles. The zero-order chi connectivity index (χ0) is 17.0. The quantitative estimate of drug-likeness (QED) is 0.452. The lowest BCUT2D eigenvalue weighted by atomic mass is 10.00. The molecule has 0 aliphatic carbocycles. The van der Waals surface area contributed by atoms with Crippen molar-refractivity contribution in [3.63, 3.8) is 0 Å². The van der Waals surface area contributed by atoms with Gasteiger partial charge in [-0.1, -0.05) is 12.1 Å². The zero-order valence-corrected chi connectivity index (χ0v) is 13.7. The number of furan rings is 1. The summed E-state index contributed by atoms with van der Waals surface area (Å²) in [6.07, 6.45) is 1.95. The van der Waals surface area contributed by atoms with Gasteiger partial charge in [-0.2, -0.15) is 0 Å². The van der Waals surface area contributed by atoms with Crippen molar-refractivity contribution in [2.24, 2.45) is 7.05 Å². The third-order valence-corrected chi connectivity index (χ3v) is 4.57. The Balaban J connectivity index is 2.20. The van der Waals surface area contributed by atoms with Crippen molar-refractivity contribution in [3.05, 3.63) is 65.4 Å². The van der Waals surface area contributed by atoms with Crippen LogP contribution in [0.25, 0.3) is 33.2 Å². The summed E-state index contributed by atoms with van der Waals surface area (Å²) < 4.78 is 36.4. The highest BCUT2D eigenvalue weighted by Crippen LogP contribution is 2.38. The molecule has 24 heavy (non-hydrogen) atoms. The van der Waals surface area contributed by atoms with Gasteiger partial charge in [0.1, 0.15) is 29.8 Å². The highest BCUT2D eigenvalue weighted by molar-refractivity contribution is 6.10. The van der Waals surface area contributed by atoms with Crippen molar-refractivity contribution in [2.45, 2.75) is 13.8 Å². The van der Waals surface area contributed by atoms with E-state index in [2.05, 4.69) is 0 Å². The number of aryl methyl sites for hydroxylation is 2. The number of benzene rings is 2. The van der Waals surface area contributed by atoms with E-state index in [0.29, 0.717) is 16.4 Å². The van der Waals surface area contributed by atoms with Gasteiger partial charge in [-0.05, 0) is 25.5 Å². The molecule has 0 saturated carbocycles. The van der Waals surface area contributed by atoms with Crippen molar-refractivity contribution in [1.29, 1.82) is 0 Å². The van der Waals surface area contributed by atoms with Gasteiger partial charge in [0.25, 0.3) is 0 Å². The Labute approximate surface area is 138 Å². The molecule has 4 heteroatoms. The predicted molar refractivity (Wildman–Crippen MR) is 89.7 cm³/mol. The van der Waals surface area contributed by atoms with Crippen LogP contribution in [0.3, 0.4) is 0 Å². The summed E-state index contributed by atoms with van der Waals surface area (Å²) >= 11 is 0. The number of halogens is 2. The van der Waals surface area contributed by atoms with E-state index in [-0.39, 0.29) is 11.1 Å². The molecule has 0 saturated heterocycles. The summed E-state index contributed by atoms with van der Waals surface area (Å²) in [4.78, 5) is 0. The summed E-state index contributed by atoms with van der Waals surface area (Å²) in [5.74, 6) is -1.15. The molecule has 0 spiro atoms. The van der Waals surface area contributed by atoms with Crippen LogP contribution < -0.4 is 4.57 Å². The van der Waals surface area contributed by atoms with Crippen molar-refractivity contribution >= 4 is 21.9 Å². The smallest absolute Gasteiger partial charge is 0.216 e. The molecule has 4 aromatic rings. The Bertz CT molecular complexity index is 1110. The number of aromatic nitrogens is 1. The lowest BCUT2D eigenvalue weighted by Gasteiger charge is -2.05. The van der Waals surface area contributed by atoms with Crippen LogP contribution in [-0.2, 0) is 7.05 Å². The number of fused-ring (bicyclic) bond motifs is 3. The lowest BCUT2D eigenvalue weighted by molar-refractivity contribution is -0.660. The van der Waals surface area contributed by atoms with E-state index in [1.165, 1.54) is 13.0 Å². The Morgan fingerprint density at radius 3 is 2.58 bits per heavy atom. The summed E-state index contributed by atoms with van der Waals surface area (Å²) in [6, 6.07) is 10.9. The second-order valence-corrected chi connectivity index (χ2v) is 6.10. The van der Waals surface area contributed by atoms with E-state index in [1.807, 2.05) is 55.1 Å². The first-order chi connectivity index (χ1) is 11.5. The van der Waals surface area contributed by atoms with Crippen molar-refractivity contribution < 1.29 is 17.8 Å². The van der Waals surface area contributed by atoms with Crippen LogP contribution in [0.1, 0.15) is 11.1 Å². The first-order valence-electron chi connectivity index (χ1n) is 7.74. The average molecular weight is 324 g/mol. The van der Waals surface area contributed by atoms with Crippen LogP contribution in [0.2, 0.25) is 0 Å². The van der Waals surface area contributed by atoms with E-state index in [1.54, 1.807) is 0 Å². The molecule has 0 aliphatic rings. The SMILES string of the molecule is Cc1ccc2c(oc3cc(F)c(C)c(F)c32)c1-c1cccc[n+]1C. The number of hydrogen-bond acceptors (Lipinski definition) is 1. The van der Waals surface area contributed by atoms with Gasteiger partial charge in [-0.15, -0.1) is 0 Å². The fraction of sp³-hybridized carbons (Fsp3) is 0.150. The predicted octanol–water partition coefficient (Wildman–Crippen LogP) is 4.97. The van der Waals surface area contributed by atoms with Gasteiger partial charge in [-0.25, -0.2) is 13.3 Å². The van der Waals surface area contributed by atoms with Crippen LogP contribution in [0.15, 0.2) is 47.0 Å². The topological polar surface area (TPSA) is 17.0 Å². The molecule has 0 fully saturated rings. The molecule has 0 N–H and O–H groups in total. The van der Waals surface area contributed by atoms with Gasteiger partial charge in [0, 0.05) is 29.1 Å². The van der Waals surface area contributed by atoms with Crippen LogP contribution in [0.5, 0.6) is 0 Å². The fourth-order valence-corrected chi connectivity index (χ4v) is 3.22. The largest absolute Gasteiger partial charge is 0.455 e. The zero-order valence-electron chi connectivity index (χ0n) is 13.7. The Morgan fingerprint density at radius 2 is 1.83 bits per heavy atom. The normalized spacial score (nSPS) is 11.5. The molecule has 4 rings (SSSR count). The van der Waals surface area contributed by atoms with E-state index >= 15 is 0 Å². The first kappa shape index (κ1) is 14.8. The van der Waals surface area contributed by atoms with Crippen molar-refractivity contribution in [2.75, 3.05) is 0 Å². The minimum absolute atomic E-state index is 0.0117. The van der Waals surface area contributed by atoms with Gasteiger partial charge in [-0.3, -0.25) is 0 Å². The third-order valence-electron chi connectivity index (χ3n) is 4.57. The standard InChI is InChI=1S/C20H16F2NO/c1-11-7-8-13-18-16(10-14(21)12(2)19(18)22)24-20(13)17(11)15-6-4-5-9-23(15)3/h4-10H,1-3H3/q+1. The Hall–Kier alpha value is -2.75. The van der Waals surface area contributed by atoms with Gasteiger partial charge >= 0.3 is 0 Å². The first-order valence-corrected chi connectivity index (χ1v) is 7.74. The molecule has 0 amide bonds. The number of rotatable bonds is 1.